The van der Waals surface area contributed by atoms with E-state index in [2.05, 4.69) is 187 Å². The second-order valence-electron chi connectivity index (χ2n) is 22.4. The van der Waals surface area contributed by atoms with E-state index in [1.54, 1.807) is 0 Å². The third-order valence-corrected chi connectivity index (χ3v) is 29.3. The minimum absolute atomic E-state index is 0.0174. The van der Waals surface area contributed by atoms with Gasteiger partial charge in [-0.2, -0.15) is 0 Å². The molecule has 0 unspecified atom stereocenters. The normalized spacial score (nSPS) is 15.1. The van der Waals surface area contributed by atoms with Crippen LogP contribution in [0.2, 0.25) is 45.3 Å². The van der Waals surface area contributed by atoms with Gasteiger partial charge in [-0.3, -0.25) is 0 Å². The monoisotopic (exact) mass is 899 g/mol. The van der Waals surface area contributed by atoms with Crippen LogP contribution in [0.5, 0.6) is 0 Å². The van der Waals surface area contributed by atoms with Crippen LogP contribution in [0, 0.1) is 0 Å². The molecule has 0 aliphatic carbocycles. The van der Waals surface area contributed by atoms with Crippen molar-refractivity contribution >= 4 is 43.3 Å². The van der Waals surface area contributed by atoms with E-state index in [-0.39, 0.29) is 45.3 Å². The van der Waals surface area contributed by atoms with Crippen LogP contribution in [0.1, 0.15) is 187 Å². The van der Waals surface area contributed by atoms with E-state index in [0.717, 1.165) is 0 Å². The van der Waals surface area contributed by atoms with E-state index in [9.17, 15) is 14.4 Å². The molecule has 3 nitrogen and oxygen atoms in total. The molecule has 0 fully saturated rings. The molecule has 0 aromatic heterocycles. The molecule has 0 rings (SSSR count). The van der Waals surface area contributed by atoms with Gasteiger partial charge in [0.05, 0.1) is 0 Å². The second kappa shape index (κ2) is 16.5. The summed E-state index contributed by atoms with van der Waals surface area (Å²) in [5.74, 6) is 0. The Morgan fingerprint density at radius 2 is 0.311 bits per heavy atom. The zero-order chi connectivity index (χ0) is 38.7. The maximum atomic E-state index is 11.2. The van der Waals surface area contributed by atoms with Crippen molar-refractivity contribution in [1.29, 1.82) is 0 Å². The Morgan fingerprint density at radius 3 is 0.311 bits per heavy atom. The molecule has 0 aromatic rings. The summed E-state index contributed by atoms with van der Waals surface area (Å²) in [6.07, 6.45) is 0. The quantitative estimate of drug-likeness (QED) is 0.212. The van der Waals surface area contributed by atoms with Crippen molar-refractivity contribution in [2.45, 2.75) is 232 Å². The molecule has 45 heavy (non-hydrogen) atoms. The molecule has 0 radical (unpaired) electrons. The standard InChI is InChI=1S/3C12H28OSi.2ClH.Ta/c3*1-10(2,3)14(13,11(4,5)6)12(7,8)9;;;/h3*13H,1-9H3;2*1H;/q;;;;;+2/p-2. The molecule has 0 spiro atoms. The number of rotatable bonds is 0. The Labute approximate surface area is 305 Å². The van der Waals surface area contributed by atoms with Gasteiger partial charge < -0.3 is 14.4 Å². The molecule has 0 saturated heterocycles. The first-order chi connectivity index (χ1) is 18.7. The zero-order valence-corrected chi connectivity index (χ0v) is 43.3. The van der Waals surface area contributed by atoms with Crippen molar-refractivity contribution in [3.8, 4) is 0 Å². The Balaban J connectivity index is -0.000000268. The van der Waals surface area contributed by atoms with Crippen molar-refractivity contribution in [1.82, 2.24) is 0 Å². The van der Waals surface area contributed by atoms with Crippen molar-refractivity contribution < 1.29 is 32.0 Å². The van der Waals surface area contributed by atoms with Gasteiger partial charge in [-0.25, -0.2) is 0 Å². The Hall–Kier alpha value is 1.85. The van der Waals surface area contributed by atoms with Crippen LogP contribution in [0.4, 0.5) is 0 Å². The van der Waals surface area contributed by atoms with Gasteiger partial charge in [0.2, 0.25) is 25.0 Å². The van der Waals surface area contributed by atoms with Gasteiger partial charge in [0.1, 0.15) is 0 Å². The van der Waals surface area contributed by atoms with E-state index in [4.69, 9.17) is 18.4 Å². The molecular weight excluding hydrogens is 817 g/mol. The van der Waals surface area contributed by atoms with Gasteiger partial charge in [-0.15, -0.1) is 0 Å². The summed E-state index contributed by atoms with van der Waals surface area (Å²) in [6, 6.07) is 0. The van der Waals surface area contributed by atoms with E-state index >= 15 is 0 Å². The minimum atomic E-state index is -2.35. The Kier molecular flexibility index (Phi) is 19.6. The second-order valence-corrected chi connectivity index (χ2v) is 44.9. The fourth-order valence-corrected chi connectivity index (χ4v) is 30.4. The summed E-state index contributed by atoms with van der Waals surface area (Å²) >= 11 is -0.889. The van der Waals surface area contributed by atoms with Crippen LogP contribution in [0.15, 0.2) is 0 Å². The van der Waals surface area contributed by atoms with E-state index in [1.165, 1.54) is 0 Å². The molecule has 0 bridgehead atoms. The maximum absolute atomic E-state index is 11.2. The average molecular weight is 901 g/mol. The molecule has 0 aromatic carbocycles. The van der Waals surface area contributed by atoms with Crippen LogP contribution in [-0.4, -0.2) is 39.3 Å². The Bertz CT molecular complexity index is 639. The van der Waals surface area contributed by atoms with Gasteiger partial charge >= 0.3 is 36.0 Å². The Morgan fingerprint density at radius 1 is 0.267 bits per heavy atom. The predicted octanol–water partition coefficient (Wildman–Crippen LogP) is 14.3. The fourth-order valence-electron chi connectivity index (χ4n) is 10.1. The first kappa shape index (κ1) is 53.6. The first-order valence-corrected chi connectivity index (χ1v) is 30.6. The molecule has 9 heteroatoms. The van der Waals surface area contributed by atoms with Gasteiger partial charge in [0.25, 0.3) is 0 Å². The number of hydrogen-bond acceptors (Lipinski definition) is 3. The molecule has 0 amide bonds. The molecule has 3 N–H and O–H groups in total. The molecule has 0 saturated carbocycles. The van der Waals surface area contributed by atoms with Crippen LogP contribution in [-0.2, 0) is 17.6 Å². The molecule has 0 atom stereocenters. The van der Waals surface area contributed by atoms with Crippen LogP contribution < -0.4 is 0 Å². The molecule has 277 valence electrons. The topological polar surface area (TPSA) is 60.7 Å². The first-order valence-electron chi connectivity index (χ1n) is 16.8. The predicted molar refractivity (Wildman–Crippen MR) is 213 cm³/mol. The van der Waals surface area contributed by atoms with Crippen LogP contribution >= 0.6 is 18.4 Å². The van der Waals surface area contributed by atoms with E-state index in [0.29, 0.717) is 0 Å². The third-order valence-electron chi connectivity index (χ3n) is 9.77. The van der Waals surface area contributed by atoms with Crippen LogP contribution in [0.3, 0.4) is 0 Å². The van der Waals surface area contributed by atoms with Crippen molar-refractivity contribution in [3.63, 3.8) is 0 Å². The molecular formula is C36H84Cl2O3Si3Ta. The zero-order valence-electron chi connectivity index (χ0n) is 35.5. The molecule has 0 heterocycles. The number of halogens is 2. The van der Waals surface area contributed by atoms with Gasteiger partial charge in [0.15, 0.2) is 0 Å². The van der Waals surface area contributed by atoms with Crippen molar-refractivity contribution in [2.24, 2.45) is 0 Å². The van der Waals surface area contributed by atoms with E-state index in [1.807, 2.05) is 0 Å². The van der Waals surface area contributed by atoms with Gasteiger partial charge in [-0.1, -0.05) is 187 Å². The van der Waals surface area contributed by atoms with Crippen molar-refractivity contribution in [3.05, 3.63) is 0 Å². The van der Waals surface area contributed by atoms with Crippen LogP contribution in [0.25, 0.3) is 0 Å². The van der Waals surface area contributed by atoms with Crippen molar-refractivity contribution in [2.75, 3.05) is 0 Å². The number of hydrogen-bond donors (Lipinski definition) is 3. The van der Waals surface area contributed by atoms with E-state index < -0.39 is 42.5 Å². The summed E-state index contributed by atoms with van der Waals surface area (Å²) in [6.45, 7) is 58.8. The van der Waals surface area contributed by atoms with Gasteiger partial charge in [-0.05, 0) is 45.3 Å². The summed E-state index contributed by atoms with van der Waals surface area (Å²) in [5, 5.41) is 0.156. The average Bonchev–Trinajstić information content (AvgIpc) is 2.66. The summed E-state index contributed by atoms with van der Waals surface area (Å²) in [7, 11) is 2.83. The van der Waals surface area contributed by atoms with Gasteiger partial charge in [0, 0.05) is 0 Å². The fraction of sp³-hybridized carbons (Fsp3) is 1.00. The molecule has 0 aliphatic heterocycles. The summed E-state index contributed by atoms with van der Waals surface area (Å²) in [5.41, 5.74) is 0. The summed E-state index contributed by atoms with van der Waals surface area (Å²) in [4.78, 5) is 33.5. The molecule has 0 aliphatic rings. The SMILES string of the molecule is CC(C)(C)[Si](O)(C(C)(C)C)C(C)(C)C.CC(C)(C)[Si](O)(C(C)(C)C)C(C)(C)C.CC(C)(C)[Si](O)(C(C)(C)C)C(C)(C)C.[Cl][Ta][Cl]. The third kappa shape index (κ3) is 12.8. The summed E-state index contributed by atoms with van der Waals surface area (Å²) < 4.78 is 0.